The van der Waals surface area contributed by atoms with Crippen molar-refractivity contribution in [3.8, 4) is 0 Å². The van der Waals surface area contributed by atoms with Gasteiger partial charge in [-0.3, -0.25) is 4.79 Å². The van der Waals surface area contributed by atoms with E-state index in [1.807, 2.05) is 0 Å². The van der Waals surface area contributed by atoms with Gasteiger partial charge in [0, 0.05) is 19.0 Å². The number of piperidine rings is 1. The van der Waals surface area contributed by atoms with Gasteiger partial charge in [-0.05, 0) is 44.4 Å². The average molecular weight is 209 g/mol. The summed E-state index contributed by atoms with van der Waals surface area (Å²) in [4.78, 5) is 13.9. The van der Waals surface area contributed by atoms with E-state index < -0.39 is 0 Å². The van der Waals surface area contributed by atoms with Crippen LogP contribution >= 0.6 is 0 Å². The first-order valence-electron chi connectivity index (χ1n) is 6.60. The van der Waals surface area contributed by atoms with E-state index in [4.69, 9.17) is 0 Å². The van der Waals surface area contributed by atoms with Crippen LogP contribution in [0.5, 0.6) is 0 Å². The molecule has 0 spiro atoms. The molecule has 2 heteroatoms. The van der Waals surface area contributed by atoms with E-state index in [0.717, 1.165) is 25.3 Å². The van der Waals surface area contributed by atoms with E-state index in [2.05, 4.69) is 11.8 Å². The summed E-state index contributed by atoms with van der Waals surface area (Å²) in [6, 6.07) is 0.584. The fourth-order valence-corrected chi connectivity index (χ4v) is 3.08. The molecule has 1 aliphatic heterocycles. The normalized spacial score (nSPS) is 33.1. The second-order valence-corrected chi connectivity index (χ2v) is 5.13. The van der Waals surface area contributed by atoms with Crippen LogP contribution in [0.2, 0.25) is 0 Å². The number of carbonyl (C=O) groups excluding carboxylic acids is 1. The van der Waals surface area contributed by atoms with Gasteiger partial charge in [0.2, 0.25) is 5.91 Å². The minimum Gasteiger partial charge on any atom is -0.340 e. The first-order chi connectivity index (χ1) is 7.31. The maximum absolute atomic E-state index is 11.8. The highest BCUT2D eigenvalue weighted by atomic mass is 16.2. The molecule has 2 nitrogen and oxygen atoms in total. The van der Waals surface area contributed by atoms with Crippen molar-refractivity contribution in [2.24, 2.45) is 5.92 Å². The fraction of sp³-hybridized carbons (Fsp3) is 0.923. The summed E-state index contributed by atoms with van der Waals surface area (Å²) in [5, 5.41) is 0. The van der Waals surface area contributed by atoms with Crippen LogP contribution in [0.4, 0.5) is 0 Å². The Labute approximate surface area is 93.0 Å². The van der Waals surface area contributed by atoms with E-state index in [1.165, 1.54) is 38.5 Å². The first-order valence-corrected chi connectivity index (χ1v) is 6.60. The van der Waals surface area contributed by atoms with Crippen molar-refractivity contribution in [1.29, 1.82) is 0 Å². The van der Waals surface area contributed by atoms with Crippen molar-refractivity contribution in [2.75, 3.05) is 6.54 Å². The predicted octanol–water partition coefficient (Wildman–Crippen LogP) is 2.97. The third-order valence-electron chi connectivity index (χ3n) is 4.19. The first kappa shape index (κ1) is 11.0. The molecule has 0 aromatic heterocycles. The third-order valence-corrected chi connectivity index (χ3v) is 4.19. The van der Waals surface area contributed by atoms with E-state index in [9.17, 15) is 4.79 Å². The van der Waals surface area contributed by atoms with Crippen LogP contribution in [0.3, 0.4) is 0 Å². The summed E-state index contributed by atoms with van der Waals surface area (Å²) in [5.41, 5.74) is 0. The van der Waals surface area contributed by atoms with Crippen molar-refractivity contribution in [2.45, 2.75) is 64.3 Å². The molecule has 1 aliphatic carbocycles. The summed E-state index contributed by atoms with van der Waals surface area (Å²) >= 11 is 0. The molecule has 1 amide bonds. The van der Waals surface area contributed by atoms with Crippen LogP contribution < -0.4 is 0 Å². The molecule has 0 bridgehead atoms. The lowest BCUT2D eigenvalue weighted by Gasteiger charge is -2.38. The maximum Gasteiger partial charge on any atom is 0.222 e. The number of nitrogens with zero attached hydrogens (tertiary/aromatic N) is 1. The third kappa shape index (κ3) is 2.53. The Morgan fingerprint density at radius 1 is 1.20 bits per heavy atom. The highest BCUT2D eigenvalue weighted by Crippen LogP contribution is 2.30. The number of carbonyl (C=O) groups is 1. The van der Waals surface area contributed by atoms with Crippen LogP contribution in [0.1, 0.15) is 58.3 Å². The van der Waals surface area contributed by atoms with Crippen LogP contribution in [0.15, 0.2) is 0 Å². The molecule has 2 fully saturated rings. The maximum atomic E-state index is 11.8. The Bertz CT molecular complexity index is 219. The van der Waals surface area contributed by atoms with Gasteiger partial charge in [-0.25, -0.2) is 0 Å². The Balaban J connectivity index is 1.86. The molecule has 1 heterocycles. The van der Waals surface area contributed by atoms with Gasteiger partial charge in [0.1, 0.15) is 0 Å². The zero-order valence-electron chi connectivity index (χ0n) is 9.87. The summed E-state index contributed by atoms with van der Waals surface area (Å²) in [6.45, 7) is 3.32. The quantitative estimate of drug-likeness (QED) is 0.684. The van der Waals surface area contributed by atoms with E-state index in [0.29, 0.717) is 11.9 Å². The van der Waals surface area contributed by atoms with Gasteiger partial charge in [0.15, 0.2) is 0 Å². The summed E-state index contributed by atoms with van der Waals surface area (Å²) < 4.78 is 0. The minimum absolute atomic E-state index is 0.418. The average Bonchev–Trinajstić information content (AvgIpc) is 2.30. The number of likely N-dealkylation sites (tertiary alicyclic amines) is 1. The van der Waals surface area contributed by atoms with Crippen LogP contribution in [0, 0.1) is 5.92 Å². The molecular formula is C13H23NO. The molecule has 2 aliphatic rings. The molecular weight excluding hydrogens is 186 g/mol. The van der Waals surface area contributed by atoms with Gasteiger partial charge in [-0.15, -0.1) is 0 Å². The molecule has 0 aromatic carbocycles. The van der Waals surface area contributed by atoms with Crippen LogP contribution in [-0.4, -0.2) is 23.4 Å². The van der Waals surface area contributed by atoms with E-state index in [-0.39, 0.29) is 0 Å². The lowest BCUT2D eigenvalue weighted by Crippen LogP contribution is -2.44. The SMILES string of the molecule is CCC1CCC(N2CCCCC2=O)CC1. The van der Waals surface area contributed by atoms with Crippen molar-refractivity contribution in [3.05, 3.63) is 0 Å². The molecule has 0 N–H and O–H groups in total. The predicted molar refractivity (Wildman–Crippen MR) is 61.6 cm³/mol. The molecule has 86 valence electrons. The summed E-state index contributed by atoms with van der Waals surface area (Å²) in [5.74, 6) is 1.35. The number of hydrogen-bond donors (Lipinski definition) is 0. The van der Waals surface area contributed by atoms with E-state index >= 15 is 0 Å². The highest BCUT2D eigenvalue weighted by molar-refractivity contribution is 5.77. The Hall–Kier alpha value is -0.530. The molecule has 1 saturated heterocycles. The summed E-state index contributed by atoms with van der Waals surface area (Å²) in [6.07, 6.45) is 9.64. The number of rotatable bonds is 2. The van der Waals surface area contributed by atoms with Gasteiger partial charge >= 0.3 is 0 Å². The Morgan fingerprint density at radius 3 is 2.53 bits per heavy atom. The molecule has 1 saturated carbocycles. The minimum atomic E-state index is 0.418. The second kappa shape index (κ2) is 5.00. The second-order valence-electron chi connectivity index (χ2n) is 5.13. The zero-order chi connectivity index (χ0) is 10.7. The van der Waals surface area contributed by atoms with Crippen LogP contribution in [-0.2, 0) is 4.79 Å². The lowest BCUT2D eigenvalue weighted by atomic mass is 9.83. The number of hydrogen-bond acceptors (Lipinski definition) is 1. The molecule has 15 heavy (non-hydrogen) atoms. The monoisotopic (exact) mass is 209 g/mol. The largest absolute Gasteiger partial charge is 0.340 e. The van der Waals surface area contributed by atoms with Gasteiger partial charge in [0.25, 0.3) is 0 Å². The summed E-state index contributed by atoms with van der Waals surface area (Å²) in [7, 11) is 0. The molecule has 0 unspecified atom stereocenters. The molecule has 2 rings (SSSR count). The van der Waals surface area contributed by atoms with E-state index in [1.54, 1.807) is 0 Å². The molecule has 0 radical (unpaired) electrons. The van der Waals surface area contributed by atoms with Gasteiger partial charge in [-0.1, -0.05) is 13.3 Å². The standard InChI is InChI=1S/C13H23NO/c1-2-11-6-8-12(9-7-11)14-10-4-3-5-13(14)15/h11-12H,2-10H2,1H3. The topological polar surface area (TPSA) is 20.3 Å². The fourth-order valence-electron chi connectivity index (χ4n) is 3.08. The van der Waals surface area contributed by atoms with Gasteiger partial charge < -0.3 is 4.90 Å². The van der Waals surface area contributed by atoms with Crippen molar-refractivity contribution < 1.29 is 4.79 Å². The van der Waals surface area contributed by atoms with Crippen molar-refractivity contribution in [1.82, 2.24) is 4.90 Å². The smallest absolute Gasteiger partial charge is 0.222 e. The number of amides is 1. The van der Waals surface area contributed by atoms with Crippen LogP contribution in [0.25, 0.3) is 0 Å². The van der Waals surface area contributed by atoms with Gasteiger partial charge in [0.05, 0.1) is 0 Å². The Kier molecular flexibility index (Phi) is 3.66. The zero-order valence-corrected chi connectivity index (χ0v) is 9.87. The van der Waals surface area contributed by atoms with Crippen molar-refractivity contribution in [3.63, 3.8) is 0 Å². The van der Waals surface area contributed by atoms with Gasteiger partial charge in [-0.2, -0.15) is 0 Å². The Morgan fingerprint density at radius 2 is 1.93 bits per heavy atom. The molecule has 0 aromatic rings. The lowest BCUT2D eigenvalue weighted by molar-refractivity contribution is -0.136. The molecule has 0 atom stereocenters. The van der Waals surface area contributed by atoms with Crippen molar-refractivity contribution >= 4 is 5.91 Å². The highest BCUT2D eigenvalue weighted by Gasteiger charge is 2.29.